The standard InChI is InChI=1S/C12H11BrN2O2/c1-2-15-11(16)7-10(14-12(15)17)8-4-3-5-9(13)6-8/h3-7H,2H2,1H3,(H,14,17). The van der Waals surface area contributed by atoms with E-state index in [4.69, 9.17) is 0 Å². The number of H-pyrrole nitrogens is 1. The SMILES string of the molecule is CCn1c(=O)cc(-c2cccc(Br)c2)[nH]c1=O. The lowest BCUT2D eigenvalue weighted by atomic mass is 10.1. The molecule has 0 aliphatic carbocycles. The van der Waals surface area contributed by atoms with Crippen molar-refractivity contribution in [3.05, 3.63) is 55.6 Å². The average Bonchev–Trinajstić information content (AvgIpc) is 2.28. The zero-order chi connectivity index (χ0) is 12.4. The largest absolute Gasteiger partial charge is 0.328 e. The Morgan fingerprint density at radius 3 is 2.65 bits per heavy atom. The predicted octanol–water partition coefficient (Wildman–Crippen LogP) is 1.99. The molecule has 0 atom stereocenters. The first kappa shape index (κ1) is 11.9. The number of aromatic amines is 1. The number of nitrogens with one attached hydrogen (secondary N) is 1. The summed E-state index contributed by atoms with van der Waals surface area (Å²) in [7, 11) is 0. The summed E-state index contributed by atoms with van der Waals surface area (Å²) in [6, 6.07) is 8.86. The van der Waals surface area contributed by atoms with Gasteiger partial charge in [0, 0.05) is 17.1 Å². The minimum absolute atomic E-state index is 0.286. The molecular weight excluding hydrogens is 284 g/mol. The van der Waals surface area contributed by atoms with Crippen molar-refractivity contribution in [3.63, 3.8) is 0 Å². The van der Waals surface area contributed by atoms with Gasteiger partial charge in [0.25, 0.3) is 5.56 Å². The molecular formula is C12H11BrN2O2. The van der Waals surface area contributed by atoms with Crippen LogP contribution in [0.4, 0.5) is 0 Å². The van der Waals surface area contributed by atoms with Crippen LogP contribution in [0.15, 0.2) is 44.4 Å². The maximum absolute atomic E-state index is 11.7. The molecule has 0 unspecified atom stereocenters. The Kier molecular flexibility index (Phi) is 3.28. The second-order valence-corrected chi connectivity index (χ2v) is 4.50. The molecule has 1 aromatic carbocycles. The zero-order valence-electron chi connectivity index (χ0n) is 9.24. The van der Waals surface area contributed by atoms with Crippen LogP contribution in [-0.2, 0) is 6.54 Å². The van der Waals surface area contributed by atoms with Crippen LogP contribution in [0.5, 0.6) is 0 Å². The maximum atomic E-state index is 11.7. The van der Waals surface area contributed by atoms with Crippen molar-refractivity contribution < 1.29 is 0 Å². The minimum Gasteiger partial charge on any atom is -0.307 e. The number of rotatable bonds is 2. The van der Waals surface area contributed by atoms with Gasteiger partial charge in [-0.2, -0.15) is 0 Å². The van der Waals surface area contributed by atoms with Crippen LogP contribution < -0.4 is 11.2 Å². The molecule has 0 spiro atoms. The molecule has 0 aliphatic heterocycles. The van der Waals surface area contributed by atoms with Crippen molar-refractivity contribution in [1.29, 1.82) is 0 Å². The fraction of sp³-hybridized carbons (Fsp3) is 0.167. The third-order valence-electron chi connectivity index (χ3n) is 2.47. The quantitative estimate of drug-likeness (QED) is 0.921. The van der Waals surface area contributed by atoms with E-state index in [0.29, 0.717) is 12.2 Å². The predicted molar refractivity (Wildman–Crippen MR) is 70.1 cm³/mol. The lowest BCUT2D eigenvalue weighted by Crippen LogP contribution is -2.34. The topological polar surface area (TPSA) is 54.9 Å². The van der Waals surface area contributed by atoms with Gasteiger partial charge in [-0.3, -0.25) is 9.36 Å². The highest BCUT2D eigenvalue weighted by molar-refractivity contribution is 9.10. The van der Waals surface area contributed by atoms with Gasteiger partial charge < -0.3 is 4.98 Å². The molecule has 4 nitrogen and oxygen atoms in total. The van der Waals surface area contributed by atoms with Crippen LogP contribution in [-0.4, -0.2) is 9.55 Å². The Hall–Kier alpha value is -1.62. The normalized spacial score (nSPS) is 10.5. The summed E-state index contributed by atoms with van der Waals surface area (Å²) in [5.74, 6) is 0. The highest BCUT2D eigenvalue weighted by atomic mass is 79.9. The molecule has 1 heterocycles. The van der Waals surface area contributed by atoms with Gasteiger partial charge in [-0.25, -0.2) is 4.79 Å². The van der Waals surface area contributed by atoms with E-state index in [-0.39, 0.29) is 11.2 Å². The molecule has 17 heavy (non-hydrogen) atoms. The first-order chi connectivity index (χ1) is 8.11. The van der Waals surface area contributed by atoms with Crippen molar-refractivity contribution in [1.82, 2.24) is 9.55 Å². The van der Waals surface area contributed by atoms with E-state index in [1.165, 1.54) is 6.07 Å². The van der Waals surface area contributed by atoms with Crippen LogP contribution in [0.3, 0.4) is 0 Å². The minimum atomic E-state index is -0.380. The Labute approximate surface area is 106 Å². The monoisotopic (exact) mass is 294 g/mol. The van der Waals surface area contributed by atoms with Gasteiger partial charge in [0.2, 0.25) is 0 Å². The van der Waals surface area contributed by atoms with Gasteiger partial charge in [0.15, 0.2) is 0 Å². The van der Waals surface area contributed by atoms with Gasteiger partial charge in [0.05, 0.1) is 5.69 Å². The van der Waals surface area contributed by atoms with Gasteiger partial charge in [0.1, 0.15) is 0 Å². The summed E-state index contributed by atoms with van der Waals surface area (Å²) < 4.78 is 2.05. The van der Waals surface area contributed by atoms with Gasteiger partial charge in [-0.05, 0) is 24.6 Å². The lowest BCUT2D eigenvalue weighted by Gasteiger charge is -2.04. The summed E-state index contributed by atoms with van der Waals surface area (Å²) in [4.78, 5) is 26.0. The van der Waals surface area contributed by atoms with E-state index in [2.05, 4.69) is 20.9 Å². The molecule has 0 radical (unpaired) electrons. The number of hydrogen-bond donors (Lipinski definition) is 1. The van der Waals surface area contributed by atoms with Gasteiger partial charge in [-0.1, -0.05) is 28.1 Å². The van der Waals surface area contributed by atoms with Gasteiger partial charge >= 0.3 is 5.69 Å². The molecule has 2 aromatic rings. The number of aromatic nitrogens is 2. The molecule has 0 amide bonds. The second kappa shape index (κ2) is 4.71. The van der Waals surface area contributed by atoms with Crippen molar-refractivity contribution in [2.75, 3.05) is 0 Å². The van der Waals surface area contributed by atoms with E-state index in [1.807, 2.05) is 24.3 Å². The fourth-order valence-corrected chi connectivity index (χ4v) is 2.03. The number of halogens is 1. The average molecular weight is 295 g/mol. The summed E-state index contributed by atoms with van der Waals surface area (Å²) in [6.07, 6.45) is 0. The van der Waals surface area contributed by atoms with E-state index < -0.39 is 0 Å². The Balaban J connectivity index is 2.63. The third kappa shape index (κ3) is 2.39. The number of benzene rings is 1. The second-order valence-electron chi connectivity index (χ2n) is 3.58. The first-order valence-electron chi connectivity index (χ1n) is 5.22. The van der Waals surface area contributed by atoms with Crippen LogP contribution >= 0.6 is 15.9 Å². The summed E-state index contributed by atoms with van der Waals surface area (Å²) in [5.41, 5.74) is 0.670. The molecule has 2 rings (SSSR count). The molecule has 5 heteroatoms. The zero-order valence-corrected chi connectivity index (χ0v) is 10.8. The fourth-order valence-electron chi connectivity index (χ4n) is 1.63. The molecule has 0 saturated heterocycles. The van der Waals surface area contributed by atoms with Crippen LogP contribution in [0.2, 0.25) is 0 Å². The lowest BCUT2D eigenvalue weighted by molar-refractivity contribution is 0.674. The Morgan fingerprint density at radius 1 is 1.29 bits per heavy atom. The number of nitrogens with zero attached hydrogens (tertiary/aromatic N) is 1. The van der Waals surface area contributed by atoms with E-state index in [9.17, 15) is 9.59 Å². The van der Waals surface area contributed by atoms with Crippen LogP contribution in [0.25, 0.3) is 11.3 Å². The van der Waals surface area contributed by atoms with Crippen LogP contribution in [0.1, 0.15) is 6.92 Å². The van der Waals surface area contributed by atoms with E-state index in [1.54, 1.807) is 6.92 Å². The molecule has 0 bridgehead atoms. The van der Waals surface area contributed by atoms with Crippen molar-refractivity contribution in [2.24, 2.45) is 0 Å². The first-order valence-corrected chi connectivity index (χ1v) is 6.01. The molecule has 1 aromatic heterocycles. The molecule has 1 N–H and O–H groups in total. The molecule has 0 aliphatic rings. The van der Waals surface area contributed by atoms with E-state index >= 15 is 0 Å². The van der Waals surface area contributed by atoms with Crippen LogP contribution in [0, 0.1) is 0 Å². The van der Waals surface area contributed by atoms with Crippen molar-refractivity contribution in [3.8, 4) is 11.3 Å². The van der Waals surface area contributed by atoms with Crippen molar-refractivity contribution in [2.45, 2.75) is 13.5 Å². The Morgan fingerprint density at radius 2 is 2.06 bits per heavy atom. The Bertz CT molecular complexity index is 627. The maximum Gasteiger partial charge on any atom is 0.328 e. The molecule has 88 valence electrons. The molecule has 0 saturated carbocycles. The molecule has 0 fully saturated rings. The van der Waals surface area contributed by atoms with Crippen molar-refractivity contribution >= 4 is 15.9 Å². The van der Waals surface area contributed by atoms with E-state index in [0.717, 1.165) is 14.6 Å². The highest BCUT2D eigenvalue weighted by Crippen LogP contribution is 2.19. The highest BCUT2D eigenvalue weighted by Gasteiger charge is 2.04. The van der Waals surface area contributed by atoms with Gasteiger partial charge in [-0.15, -0.1) is 0 Å². The summed E-state index contributed by atoms with van der Waals surface area (Å²) in [5, 5.41) is 0. The number of hydrogen-bond acceptors (Lipinski definition) is 2. The summed E-state index contributed by atoms with van der Waals surface area (Å²) in [6.45, 7) is 2.13. The summed E-state index contributed by atoms with van der Waals surface area (Å²) >= 11 is 3.35. The third-order valence-corrected chi connectivity index (χ3v) is 2.97. The smallest absolute Gasteiger partial charge is 0.307 e.